The lowest BCUT2D eigenvalue weighted by Gasteiger charge is -2.25. The van der Waals surface area contributed by atoms with Crippen molar-refractivity contribution in [2.75, 3.05) is 13.1 Å². The van der Waals surface area contributed by atoms with E-state index in [1.165, 1.54) is 40.7 Å². The second kappa shape index (κ2) is 10.2. The number of piperidine rings is 1. The summed E-state index contributed by atoms with van der Waals surface area (Å²) in [6, 6.07) is 11.2. The predicted molar refractivity (Wildman–Crippen MR) is 111 cm³/mol. The first-order valence-corrected chi connectivity index (χ1v) is 11.5. The predicted octanol–water partition coefficient (Wildman–Crippen LogP) is 3.76. The molecule has 1 heterocycles. The number of alkyl halides is 3. The number of para-hydroxylation sites is 1. The molecule has 1 saturated heterocycles. The molecule has 1 fully saturated rings. The summed E-state index contributed by atoms with van der Waals surface area (Å²) in [4.78, 5) is 12.2. The number of hydrogen-bond donors (Lipinski definition) is 2. The quantitative estimate of drug-likeness (QED) is 0.644. The minimum Gasteiger partial charge on any atom is -0.405 e. The number of rotatable bonds is 7. The lowest BCUT2D eigenvalue weighted by Crippen LogP contribution is -2.35. The van der Waals surface area contributed by atoms with Crippen molar-refractivity contribution in [2.45, 2.75) is 43.6 Å². The maximum Gasteiger partial charge on any atom is 0.573 e. The Bertz CT molecular complexity index is 1020. The molecule has 2 aromatic rings. The lowest BCUT2D eigenvalue weighted by atomic mass is 10.2. The Morgan fingerprint density at radius 3 is 2.22 bits per heavy atom. The smallest absolute Gasteiger partial charge is 0.405 e. The number of nitrogens with zero attached hydrogens (tertiary/aromatic N) is 1. The van der Waals surface area contributed by atoms with Crippen molar-refractivity contribution < 1.29 is 31.1 Å². The molecule has 0 atom stereocenters. The van der Waals surface area contributed by atoms with E-state index < -0.39 is 22.4 Å². The summed E-state index contributed by atoms with van der Waals surface area (Å²) in [6.07, 6.45) is -2.10. The Labute approximate surface area is 184 Å². The van der Waals surface area contributed by atoms with E-state index in [0.29, 0.717) is 18.7 Å². The fourth-order valence-corrected chi connectivity index (χ4v) is 4.85. The van der Waals surface area contributed by atoms with Gasteiger partial charge in [-0.25, -0.2) is 13.2 Å². The van der Waals surface area contributed by atoms with Crippen LogP contribution in [0.25, 0.3) is 0 Å². The third-order valence-electron chi connectivity index (χ3n) is 4.97. The molecule has 174 valence electrons. The van der Waals surface area contributed by atoms with E-state index in [0.717, 1.165) is 19.3 Å². The standard InChI is InChI=1S/C21H24F3N3O4S/c22-21(23,24)31-19-7-3-2-6-17(19)15-26-20(28)25-14-16-8-10-18(11-9-16)32(29,30)27-12-4-1-5-13-27/h2-3,6-11H,1,4-5,12-15H2,(H2,25,26,28). The topological polar surface area (TPSA) is 87.7 Å². The van der Waals surface area contributed by atoms with Crippen molar-refractivity contribution in [3.05, 3.63) is 59.7 Å². The largest absolute Gasteiger partial charge is 0.573 e. The summed E-state index contributed by atoms with van der Waals surface area (Å²) in [6.45, 7) is 0.994. The summed E-state index contributed by atoms with van der Waals surface area (Å²) in [5.74, 6) is -0.384. The molecular formula is C21H24F3N3O4S. The second-order valence-corrected chi connectivity index (χ2v) is 9.24. The molecule has 3 rings (SSSR count). The van der Waals surface area contributed by atoms with Crippen molar-refractivity contribution in [3.63, 3.8) is 0 Å². The van der Waals surface area contributed by atoms with Crippen LogP contribution in [0.2, 0.25) is 0 Å². The number of ether oxygens (including phenoxy) is 1. The Balaban J connectivity index is 1.51. The maximum absolute atomic E-state index is 12.7. The van der Waals surface area contributed by atoms with Gasteiger partial charge in [0.15, 0.2) is 0 Å². The molecule has 1 aliphatic rings. The number of halogens is 3. The molecular weight excluding hydrogens is 447 g/mol. The van der Waals surface area contributed by atoms with Crippen LogP contribution in [-0.2, 0) is 23.1 Å². The summed E-state index contributed by atoms with van der Waals surface area (Å²) in [7, 11) is -3.52. The van der Waals surface area contributed by atoms with Crippen LogP contribution in [0.4, 0.5) is 18.0 Å². The average Bonchev–Trinajstić information content (AvgIpc) is 2.77. The molecule has 1 aliphatic heterocycles. The highest BCUT2D eigenvalue weighted by Crippen LogP contribution is 2.26. The summed E-state index contributed by atoms with van der Waals surface area (Å²) in [5, 5.41) is 5.06. The third-order valence-corrected chi connectivity index (χ3v) is 6.88. The average molecular weight is 472 g/mol. The zero-order valence-electron chi connectivity index (χ0n) is 17.2. The SMILES string of the molecule is O=C(NCc1ccc(S(=O)(=O)N2CCCCC2)cc1)NCc1ccccc1OC(F)(F)F. The number of benzene rings is 2. The van der Waals surface area contributed by atoms with Crippen molar-refractivity contribution in [3.8, 4) is 5.75 Å². The van der Waals surface area contributed by atoms with Crippen LogP contribution in [0.15, 0.2) is 53.4 Å². The van der Waals surface area contributed by atoms with Crippen LogP contribution in [0.1, 0.15) is 30.4 Å². The van der Waals surface area contributed by atoms with Gasteiger partial charge in [0.25, 0.3) is 0 Å². The number of nitrogens with one attached hydrogen (secondary N) is 2. The number of carbonyl (C=O) groups excluding carboxylic acids is 1. The number of urea groups is 1. The van der Waals surface area contributed by atoms with Crippen LogP contribution in [0.3, 0.4) is 0 Å². The van der Waals surface area contributed by atoms with E-state index in [1.807, 2.05) is 0 Å². The van der Waals surface area contributed by atoms with Crippen molar-refractivity contribution >= 4 is 16.1 Å². The van der Waals surface area contributed by atoms with E-state index in [-0.39, 0.29) is 29.3 Å². The van der Waals surface area contributed by atoms with E-state index in [4.69, 9.17) is 0 Å². The Kier molecular flexibility index (Phi) is 7.62. The van der Waals surface area contributed by atoms with Gasteiger partial charge in [-0.1, -0.05) is 36.8 Å². The van der Waals surface area contributed by atoms with Gasteiger partial charge < -0.3 is 15.4 Å². The normalized spacial score (nSPS) is 15.2. The maximum atomic E-state index is 12.7. The number of sulfonamides is 1. The molecule has 2 N–H and O–H groups in total. The minimum atomic E-state index is -4.83. The number of amides is 2. The number of carbonyl (C=O) groups is 1. The Morgan fingerprint density at radius 2 is 1.56 bits per heavy atom. The van der Waals surface area contributed by atoms with Gasteiger partial charge in [0.05, 0.1) is 4.90 Å². The summed E-state index contributed by atoms with van der Waals surface area (Å²) in [5.41, 5.74) is 0.853. The van der Waals surface area contributed by atoms with E-state index in [2.05, 4.69) is 15.4 Å². The van der Waals surface area contributed by atoms with Gasteiger partial charge in [-0.05, 0) is 36.6 Å². The molecule has 32 heavy (non-hydrogen) atoms. The zero-order chi connectivity index (χ0) is 23.2. The highest BCUT2D eigenvalue weighted by molar-refractivity contribution is 7.89. The molecule has 2 aromatic carbocycles. The summed E-state index contributed by atoms with van der Waals surface area (Å²) < 4.78 is 68.2. The van der Waals surface area contributed by atoms with Crippen LogP contribution in [0.5, 0.6) is 5.75 Å². The zero-order valence-corrected chi connectivity index (χ0v) is 18.0. The second-order valence-electron chi connectivity index (χ2n) is 7.30. The monoisotopic (exact) mass is 471 g/mol. The van der Waals surface area contributed by atoms with Crippen LogP contribution < -0.4 is 15.4 Å². The summed E-state index contributed by atoms with van der Waals surface area (Å²) >= 11 is 0. The van der Waals surface area contributed by atoms with Gasteiger partial charge >= 0.3 is 12.4 Å². The van der Waals surface area contributed by atoms with E-state index in [9.17, 15) is 26.4 Å². The number of hydrogen-bond acceptors (Lipinski definition) is 4. The molecule has 0 spiro atoms. The third kappa shape index (κ3) is 6.60. The molecule has 0 bridgehead atoms. The van der Waals surface area contributed by atoms with Crippen molar-refractivity contribution in [1.29, 1.82) is 0 Å². The molecule has 11 heteroatoms. The first kappa shape index (κ1) is 23.9. The molecule has 0 radical (unpaired) electrons. The van der Waals surface area contributed by atoms with Gasteiger partial charge in [0.1, 0.15) is 5.75 Å². The van der Waals surface area contributed by atoms with Crippen LogP contribution in [-0.4, -0.2) is 38.2 Å². The first-order valence-electron chi connectivity index (χ1n) is 10.1. The lowest BCUT2D eigenvalue weighted by molar-refractivity contribution is -0.274. The van der Waals surface area contributed by atoms with Gasteiger partial charge in [0, 0.05) is 31.7 Å². The van der Waals surface area contributed by atoms with E-state index in [1.54, 1.807) is 12.1 Å². The molecule has 0 aliphatic carbocycles. The van der Waals surface area contributed by atoms with Gasteiger partial charge in [0.2, 0.25) is 10.0 Å². The highest BCUT2D eigenvalue weighted by atomic mass is 32.2. The van der Waals surface area contributed by atoms with Gasteiger partial charge in [-0.2, -0.15) is 4.31 Å². The van der Waals surface area contributed by atoms with Crippen LogP contribution in [0, 0.1) is 0 Å². The molecule has 0 unspecified atom stereocenters. The highest BCUT2D eigenvalue weighted by Gasteiger charge is 2.32. The molecule has 2 amide bonds. The van der Waals surface area contributed by atoms with Crippen LogP contribution >= 0.6 is 0 Å². The first-order chi connectivity index (χ1) is 15.1. The molecule has 0 aromatic heterocycles. The fraction of sp³-hybridized carbons (Fsp3) is 0.381. The van der Waals surface area contributed by atoms with E-state index >= 15 is 0 Å². The van der Waals surface area contributed by atoms with Crippen molar-refractivity contribution in [1.82, 2.24) is 14.9 Å². The minimum absolute atomic E-state index is 0.122. The Morgan fingerprint density at radius 1 is 0.938 bits per heavy atom. The van der Waals surface area contributed by atoms with Crippen molar-refractivity contribution in [2.24, 2.45) is 0 Å². The Hall–Kier alpha value is -2.79. The van der Waals surface area contributed by atoms with Gasteiger partial charge in [-0.15, -0.1) is 13.2 Å². The molecule has 7 nitrogen and oxygen atoms in total. The molecule has 0 saturated carbocycles. The van der Waals surface area contributed by atoms with Gasteiger partial charge in [-0.3, -0.25) is 0 Å². The fourth-order valence-electron chi connectivity index (χ4n) is 3.33.